The Morgan fingerprint density at radius 1 is 1.10 bits per heavy atom. The Kier molecular flexibility index (Phi) is 10.6. The summed E-state index contributed by atoms with van der Waals surface area (Å²) in [5.74, 6) is 1.81. The predicted octanol–water partition coefficient (Wildman–Crippen LogP) is 2.68. The Hall–Kier alpha value is -3.46. The van der Waals surface area contributed by atoms with Crippen LogP contribution in [0.4, 0.5) is 16.6 Å². The fraction of sp³-hybridized carbons (Fsp3) is 0.556. The van der Waals surface area contributed by atoms with E-state index in [9.17, 15) is 19.2 Å². The van der Waals surface area contributed by atoms with Crippen molar-refractivity contribution in [3.05, 3.63) is 12.1 Å². The van der Waals surface area contributed by atoms with E-state index in [-0.39, 0.29) is 28.8 Å². The Balaban J connectivity index is 1.61. The van der Waals surface area contributed by atoms with Crippen LogP contribution in [0.25, 0.3) is 10.9 Å². The van der Waals surface area contributed by atoms with E-state index in [1.807, 2.05) is 4.90 Å². The molecule has 3 amide bonds. The first-order chi connectivity index (χ1) is 20.2. The third-order valence-corrected chi connectivity index (χ3v) is 9.03. The molecule has 15 heteroatoms. The number of piperazine rings is 1. The third-order valence-electron chi connectivity index (χ3n) is 6.95. The van der Waals surface area contributed by atoms with Gasteiger partial charge in [-0.2, -0.15) is 4.98 Å². The number of methoxy groups -OCH3 is 2. The second-order valence-electron chi connectivity index (χ2n) is 9.79. The first kappa shape index (κ1) is 31.5. The van der Waals surface area contributed by atoms with Crippen LogP contribution in [-0.2, 0) is 19.1 Å². The normalized spacial score (nSPS) is 17.6. The highest BCUT2D eigenvalue weighted by molar-refractivity contribution is 8.13. The molecule has 2 aromatic rings. The molecule has 2 atom stereocenters. The summed E-state index contributed by atoms with van der Waals surface area (Å²) in [5.41, 5.74) is 0.532. The molecular formula is C27H36N6O7S2. The molecule has 2 aliphatic rings. The molecule has 0 spiro atoms. The van der Waals surface area contributed by atoms with Crippen LogP contribution < -0.4 is 19.7 Å². The molecule has 0 aliphatic carbocycles. The average Bonchev–Trinajstić information content (AvgIpc) is 3.49. The second-order valence-corrected chi connectivity index (χ2v) is 12.0. The number of nitrogens with one attached hydrogen (secondary N) is 1. The number of fused-ring (bicyclic) bond motifs is 1. The first-order valence-corrected chi connectivity index (χ1v) is 15.7. The molecule has 0 saturated carbocycles. The number of anilines is 2. The zero-order valence-electron chi connectivity index (χ0n) is 24.4. The summed E-state index contributed by atoms with van der Waals surface area (Å²) >= 11 is 2.60. The van der Waals surface area contributed by atoms with Crippen molar-refractivity contribution in [2.75, 3.05) is 74.6 Å². The summed E-state index contributed by atoms with van der Waals surface area (Å²) < 4.78 is 16.1. The van der Waals surface area contributed by atoms with Gasteiger partial charge in [0.15, 0.2) is 16.6 Å². The van der Waals surface area contributed by atoms with Crippen LogP contribution in [0.1, 0.15) is 20.8 Å². The summed E-state index contributed by atoms with van der Waals surface area (Å²) in [6, 6.07) is 2.73. The smallest absolute Gasteiger partial charge is 0.409 e. The van der Waals surface area contributed by atoms with Gasteiger partial charge in [0.2, 0.25) is 17.8 Å². The van der Waals surface area contributed by atoms with Gasteiger partial charge in [-0.15, -0.1) is 11.8 Å². The van der Waals surface area contributed by atoms with Crippen molar-refractivity contribution < 1.29 is 33.4 Å². The molecule has 42 heavy (non-hydrogen) atoms. The maximum atomic E-state index is 13.6. The molecule has 0 radical (unpaired) electrons. The van der Waals surface area contributed by atoms with Gasteiger partial charge in [-0.1, -0.05) is 18.7 Å². The Morgan fingerprint density at radius 2 is 1.79 bits per heavy atom. The molecule has 0 bridgehead atoms. The molecule has 2 unspecified atom stereocenters. The molecule has 1 N–H and O–H groups in total. The van der Waals surface area contributed by atoms with E-state index in [0.717, 1.165) is 11.8 Å². The summed E-state index contributed by atoms with van der Waals surface area (Å²) in [7, 11) is 3.05. The van der Waals surface area contributed by atoms with Crippen LogP contribution in [0.5, 0.6) is 11.5 Å². The highest BCUT2D eigenvalue weighted by Crippen LogP contribution is 2.35. The molecule has 4 rings (SSSR count). The van der Waals surface area contributed by atoms with E-state index in [0.29, 0.717) is 78.5 Å². The quantitative estimate of drug-likeness (QED) is 0.440. The summed E-state index contributed by atoms with van der Waals surface area (Å²) in [4.78, 5) is 65.0. The number of thioether (sulfide) groups is 2. The molecule has 228 valence electrons. The van der Waals surface area contributed by atoms with E-state index >= 15 is 0 Å². The van der Waals surface area contributed by atoms with Crippen molar-refractivity contribution in [1.29, 1.82) is 0 Å². The lowest BCUT2D eigenvalue weighted by molar-refractivity contribution is -0.138. The van der Waals surface area contributed by atoms with E-state index in [1.165, 1.54) is 32.9 Å². The molecule has 13 nitrogen and oxygen atoms in total. The highest BCUT2D eigenvalue weighted by Gasteiger charge is 2.37. The molecular weight excluding hydrogens is 584 g/mol. The van der Waals surface area contributed by atoms with Crippen LogP contribution in [0.3, 0.4) is 0 Å². The number of rotatable bonds is 9. The van der Waals surface area contributed by atoms with Crippen LogP contribution in [0.15, 0.2) is 12.1 Å². The monoisotopic (exact) mass is 620 g/mol. The number of benzene rings is 1. The van der Waals surface area contributed by atoms with Crippen molar-refractivity contribution in [3.63, 3.8) is 0 Å². The topological polar surface area (TPSA) is 144 Å². The molecule has 2 saturated heterocycles. The molecule has 1 aromatic heterocycles. The summed E-state index contributed by atoms with van der Waals surface area (Å²) in [6.45, 7) is 7.13. The van der Waals surface area contributed by atoms with Crippen molar-refractivity contribution in [3.8, 4) is 11.5 Å². The van der Waals surface area contributed by atoms with Crippen molar-refractivity contribution in [2.45, 2.75) is 26.8 Å². The largest absolute Gasteiger partial charge is 0.493 e. The zero-order chi connectivity index (χ0) is 30.4. The number of ether oxygens (including phenoxy) is 3. The zero-order valence-corrected chi connectivity index (χ0v) is 26.0. The molecule has 1 aromatic carbocycles. The Morgan fingerprint density at radius 3 is 2.43 bits per heavy atom. The SMILES string of the molecule is CCOC(=O)N1CCN(c2nc(NC(=O)C3CSCN3C(=O)C(C)CSC(C)=O)c3cc(OC)c(OC)cc3n2)CC1. The third kappa shape index (κ3) is 7.12. The number of hydrogen-bond donors (Lipinski definition) is 1. The van der Waals surface area contributed by atoms with Crippen molar-refractivity contribution >= 4 is 69.2 Å². The van der Waals surface area contributed by atoms with Crippen molar-refractivity contribution in [2.24, 2.45) is 5.92 Å². The van der Waals surface area contributed by atoms with Gasteiger partial charge < -0.3 is 34.2 Å². The molecule has 2 aliphatic heterocycles. The van der Waals surface area contributed by atoms with E-state index < -0.39 is 12.0 Å². The fourth-order valence-corrected chi connectivity index (χ4v) is 6.45. The molecule has 3 heterocycles. The van der Waals surface area contributed by atoms with Gasteiger partial charge in [0.25, 0.3) is 0 Å². The maximum absolute atomic E-state index is 13.6. The predicted molar refractivity (Wildman–Crippen MR) is 162 cm³/mol. The lowest BCUT2D eigenvalue weighted by Gasteiger charge is -2.34. The van der Waals surface area contributed by atoms with Gasteiger partial charge in [0, 0.05) is 62.0 Å². The fourth-order valence-electron chi connectivity index (χ4n) is 4.66. The van der Waals surface area contributed by atoms with Gasteiger partial charge in [0.1, 0.15) is 11.9 Å². The Bertz CT molecular complexity index is 1340. The van der Waals surface area contributed by atoms with Crippen LogP contribution in [0.2, 0.25) is 0 Å². The summed E-state index contributed by atoms with van der Waals surface area (Å²) in [6.07, 6.45) is -0.357. The van der Waals surface area contributed by atoms with Crippen LogP contribution >= 0.6 is 23.5 Å². The van der Waals surface area contributed by atoms with Crippen molar-refractivity contribution in [1.82, 2.24) is 19.8 Å². The minimum atomic E-state index is -0.700. The average molecular weight is 621 g/mol. The lowest BCUT2D eigenvalue weighted by Crippen LogP contribution is -2.49. The number of carbonyl (C=O) groups is 4. The highest BCUT2D eigenvalue weighted by atomic mass is 32.2. The van der Waals surface area contributed by atoms with Gasteiger partial charge in [-0.25, -0.2) is 9.78 Å². The summed E-state index contributed by atoms with van der Waals surface area (Å²) in [5, 5.41) is 3.44. The number of nitrogens with zero attached hydrogens (tertiary/aromatic N) is 5. The first-order valence-electron chi connectivity index (χ1n) is 13.6. The van der Waals surface area contributed by atoms with Gasteiger partial charge in [0.05, 0.1) is 32.2 Å². The van der Waals surface area contributed by atoms with Crippen LogP contribution in [-0.4, -0.2) is 113 Å². The second kappa shape index (κ2) is 14.1. The van der Waals surface area contributed by atoms with Gasteiger partial charge in [-0.3, -0.25) is 14.4 Å². The van der Waals surface area contributed by atoms with E-state index in [1.54, 1.807) is 35.8 Å². The van der Waals surface area contributed by atoms with Crippen LogP contribution in [0, 0.1) is 5.92 Å². The number of carbonyl (C=O) groups excluding carboxylic acids is 4. The standard InChI is InChI=1S/C27H36N6O7S2/c1-6-40-27(37)32-9-7-31(8-10-32)26-28-19-12-22(39-5)21(38-4)11-18(19)23(30-26)29-24(35)20-14-41-15-33(20)25(36)16(2)13-42-17(3)34/h11-12,16,20H,6-10,13-15H2,1-5H3,(H,28,29,30,35). The maximum Gasteiger partial charge on any atom is 0.409 e. The Labute approximate surface area is 253 Å². The number of amides is 3. The van der Waals surface area contributed by atoms with E-state index in [2.05, 4.69) is 5.32 Å². The lowest BCUT2D eigenvalue weighted by atomic mass is 10.1. The van der Waals surface area contributed by atoms with E-state index in [4.69, 9.17) is 24.2 Å². The molecule has 2 fully saturated rings. The number of hydrogen-bond acceptors (Lipinski definition) is 12. The number of aromatic nitrogens is 2. The van der Waals surface area contributed by atoms with Gasteiger partial charge >= 0.3 is 6.09 Å². The minimum Gasteiger partial charge on any atom is -0.493 e. The van der Waals surface area contributed by atoms with Gasteiger partial charge in [-0.05, 0) is 13.0 Å². The minimum absolute atomic E-state index is 0.0550.